The van der Waals surface area contributed by atoms with Gasteiger partial charge < -0.3 is 4.74 Å². The maximum Gasteiger partial charge on any atom is 0.305 e. The Labute approximate surface area is 203 Å². The first-order valence-corrected chi connectivity index (χ1v) is 15.2. The number of hydrogen-bond acceptors (Lipinski definition) is 3. The standard InChI is InChI=1S/C27H46O2S.C2H6/c1-5-17-30-24-18-20-21-13-12-19(9-8-11-25(28)29-4)26(21,2)16-14-22(20)27(3)15-7-6-10-23(24)27;1-2/h19-24H,5-18H2,1-4H3;1-2H3. The van der Waals surface area contributed by atoms with E-state index in [0.717, 1.165) is 41.3 Å². The van der Waals surface area contributed by atoms with Crippen molar-refractivity contribution in [2.75, 3.05) is 12.9 Å². The van der Waals surface area contributed by atoms with Gasteiger partial charge in [-0.2, -0.15) is 11.8 Å². The molecule has 4 rings (SSSR count). The zero-order valence-corrected chi connectivity index (χ0v) is 22.9. The van der Waals surface area contributed by atoms with Crippen molar-refractivity contribution >= 4 is 17.7 Å². The number of ether oxygens (including phenoxy) is 1. The van der Waals surface area contributed by atoms with Crippen LogP contribution in [0.5, 0.6) is 0 Å². The summed E-state index contributed by atoms with van der Waals surface area (Å²) in [5, 5.41) is 0.914. The second-order valence-corrected chi connectivity index (χ2v) is 13.0. The van der Waals surface area contributed by atoms with Crippen molar-refractivity contribution in [2.45, 2.75) is 123 Å². The third-order valence-electron chi connectivity index (χ3n) is 10.5. The summed E-state index contributed by atoms with van der Waals surface area (Å²) in [5.74, 6) is 6.00. The molecule has 0 aromatic heterocycles. The van der Waals surface area contributed by atoms with Gasteiger partial charge in [0.05, 0.1) is 7.11 Å². The summed E-state index contributed by atoms with van der Waals surface area (Å²) >= 11 is 2.34. The van der Waals surface area contributed by atoms with Gasteiger partial charge >= 0.3 is 5.97 Å². The van der Waals surface area contributed by atoms with Crippen molar-refractivity contribution in [3.8, 4) is 0 Å². The molecule has 3 heteroatoms. The van der Waals surface area contributed by atoms with Crippen LogP contribution in [-0.4, -0.2) is 24.1 Å². The first-order valence-electron chi connectivity index (χ1n) is 14.1. The van der Waals surface area contributed by atoms with Crippen LogP contribution in [0, 0.1) is 40.4 Å². The number of methoxy groups -OCH3 is 1. The van der Waals surface area contributed by atoms with Crippen LogP contribution in [0.3, 0.4) is 0 Å². The Bertz CT molecular complexity index is 606. The molecule has 186 valence electrons. The molecule has 0 radical (unpaired) electrons. The van der Waals surface area contributed by atoms with Crippen LogP contribution in [0.1, 0.15) is 118 Å². The molecule has 0 amide bonds. The van der Waals surface area contributed by atoms with Gasteiger partial charge in [0, 0.05) is 11.7 Å². The summed E-state index contributed by atoms with van der Waals surface area (Å²) < 4.78 is 4.88. The van der Waals surface area contributed by atoms with E-state index in [4.69, 9.17) is 4.74 Å². The summed E-state index contributed by atoms with van der Waals surface area (Å²) in [5.41, 5.74) is 1.13. The smallest absolute Gasteiger partial charge is 0.305 e. The molecule has 8 atom stereocenters. The molecule has 8 unspecified atom stereocenters. The van der Waals surface area contributed by atoms with Crippen molar-refractivity contribution in [3.63, 3.8) is 0 Å². The van der Waals surface area contributed by atoms with Gasteiger partial charge in [0.15, 0.2) is 0 Å². The van der Waals surface area contributed by atoms with Gasteiger partial charge in [-0.15, -0.1) is 0 Å². The van der Waals surface area contributed by atoms with E-state index in [-0.39, 0.29) is 5.97 Å². The molecule has 0 aromatic carbocycles. The van der Waals surface area contributed by atoms with Crippen LogP contribution in [0.15, 0.2) is 0 Å². The van der Waals surface area contributed by atoms with Crippen LogP contribution in [0.4, 0.5) is 0 Å². The molecule has 4 aliphatic carbocycles. The number of fused-ring (bicyclic) bond motifs is 5. The summed E-state index contributed by atoms with van der Waals surface area (Å²) in [6.45, 7) is 11.7. The second-order valence-electron chi connectivity index (χ2n) is 11.7. The van der Waals surface area contributed by atoms with E-state index < -0.39 is 0 Å². The summed E-state index contributed by atoms with van der Waals surface area (Å²) in [6.07, 6.45) is 17.4. The second kappa shape index (κ2) is 11.5. The zero-order valence-electron chi connectivity index (χ0n) is 22.1. The third-order valence-corrected chi connectivity index (χ3v) is 12.1. The number of carbonyl (C=O) groups excluding carboxylic acids is 1. The van der Waals surface area contributed by atoms with E-state index in [1.54, 1.807) is 0 Å². The van der Waals surface area contributed by atoms with E-state index in [1.807, 2.05) is 13.8 Å². The van der Waals surface area contributed by atoms with Crippen molar-refractivity contribution in [2.24, 2.45) is 40.4 Å². The fourth-order valence-corrected chi connectivity index (χ4v) is 10.5. The van der Waals surface area contributed by atoms with Gasteiger partial charge in [-0.3, -0.25) is 4.79 Å². The first-order chi connectivity index (χ1) is 15.4. The fourth-order valence-electron chi connectivity index (χ4n) is 8.95. The van der Waals surface area contributed by atoms with Gasteiger partial charge in [0.1, 0.15) is 0 Å². The van der Waals surface area contributed by atoms with Crippen LogP contribution >= 0.6 is 11.8 Å². The molecule has 4 aliphatic rings. The Kier molecular flexibility index (Phi) is 9.50. The first kappa shape index (κ1) is 26.4. The fraction of sp³-hybridized carbons (Fsp3) is 0.966. The highest BCUT2D eigenvalue weighted by Crippen LogP contribution is 2.68. The highest BCUT2D eigenvalue weighted by molar-refractivity contribution is 7.99. The molecule has 32 heavy (non-hydrogen) atoms. The number of hydrogen-bond donors (Lipinski definition) is 0. The van der Waals surface area contributed by atoms with Crippen LogP contribution in [0.25, 0.3) is 0 Å². The Balaban J connectivity index is 0.00000141. The molecular formula is C29H52O2S. The molecule has 0 N–H and O–H groups in total. The van der Waals surface area contributed by atoms with Crippen molar-refractivity contribution < 1.29 is 9.53 Å². The molecule has 0 heterocycles. The Morgan fingerprint density at radius 1 is 0.969 bits per heavy atom. The van der Waals surface area contributed by atoms with Crippen LogP contribution in [0.2, 0.25) is 0 Å². The van der Waals surface area contributed by atoms with Gasteiger partial charge in [0.2, 0.25) is 0 Å². The van der Waals surface area contributed by atoms with Crippen molar-refractivity contribution in [3.05, 3.63) is 0 Å². The monoisotopic (exact) mass is 464 g/mol. The predicted molar refractivity (Wildman–Crippen MR) is 139 cm³/mol. The maximum atomic E-state index is 11.6. The van der Waals surface area contributed by atoms with Crippen LogP contribution in [-0.2, 0) is 9.53 Å². The lowest BCUT2D eigenvalue weighted by Gasteiger charge is -2.62. The molecule has 0 aliphatic heterocycles. The van der Waals surface area contributed by atoms with E-state index in [9.17, 15) is 4.79 Å². The molecule has 0 spiro atoms. The molecule has 4 saturated carbocycles. The molecule has 0 aromatic rings. The van der Waals surface area contributed by atoms with Crippen molar-refractivity contribution in [1.29, 1.82) is 0 Å². The lowest BCUT2D eigenvalue weighted by molar-refractivity contribution is -0.140. The average Bonchev–Trinajstić information content (AvgIpc) is 3.14. The normalized spacial score (nSPS) is 42.7. The lowest BCUT2D eigenvalue weighted by Crippen LogP contribution is -2.56. The van der Waals surface area contributed by atoms with Gasteiger partial charge in [0.25, 0.3) is 0 Å². The predicted octanol–water partition coefficient (Wildman–Crippen LogP) is 8.53. The van der Waals surface area contributed by atoms with Crippen molar-refractivity contribution in [1.82, 2.24) is 0 Å². The number of thioether (sulfide) groups is 1. The molecule has 0 saturated heterocycles. The van der Waals surface area contributed by atoms with E-state index in [1.165, 1.54) is 83.5 Å². The van der Waals surface area contributed by atoms with E-state index in [0.29, 0.717) is 17.3 Å². The Morgan fingerprint density at radius 3 is 2.44 bits per heavy atom. The summed E-state index contributed by atoms with van der Waals surface area (Å²) in [6, 6.07) is 0. The zero-order chi connectivity index (χ0) is 23.4. The number of carbonyl (C=O) groups is 1. The SMILES string of the molecule is CC.CCCSC1CC2C3CCC(CCCC(=O)OC)C3(C)CCC2C2(C)CCCCC12. The minimum absolute atomic E-state index is 0.0299. The Morgan fingerprint density at radius 2 is 1.72 bits per heavy atom. The topological polar surface area (TPSA) is 26.3 Å². The minimum atomic E-state index is -0.0299. The third kappa shape index (κ3) is 4.94. The summed E-state index contributed by atoms with van der Waals surface area (Å²) in [7, 11) is 1.52. The Hall–Kier alpha value is -0.180. The summed E-state index contributed by atoms with van der Waals surface area (Å²) in [4.78, 5) is 11.6. The highest BCUT2D eigenvalue weighted by atomic mass is 32.2. The number of rotatable bonds is 7. The quantitative estimate of drug-likeness (QED) is 0.353. The highest BCUT2D eigenvalue weighted by Gasteiger charge is 2.61. The van der Waals surface area contributed by atoms with Gasteiger partial charge in [-0.1, -0.05) is 47.5 Å². The largest absolute Gasteiger partial charge is 0.469 e. The average molecular weight is 465 g/mol. The molecule has 2 nitrogen and oxygen atoms in total. The number of esters is 1. The minimum Gasteiger partial charge on any atom is -0.469 e. The van der Waals surface area contributed by atoms with Crippen LogP contribution < -0.4 is 0 Å². The maximum absolute atomic E-state index is 11.6. The van der Waals surface area contributed by atoms with Gasteiger partial charge in [-0.25, -0.2) is 0 Å². The molecule has 4 fully saturated rings. The lowest BCUT2D eigenvalue weighted by atomic mass is 9.44. The molecular weight excluding hydrogens is 412 g/mol. The van der Waals surface area contributed by atoms with Gasteiger partial charge in [-0.05, 0) is 110 Å². The van der Waals surface area contributed by atoms with E-state index in [2.05, 4.69) is 32.5 Å². The molecule has 0 bridgehead atoms. The van der Waals surface area contributed by atoms with E-state index >= 15 is 0 Å².